The van der Waals surface area contributed by atoms with Crippen LogP contribution in [0.4, 0.5) is 11.4 Å². The Labute approximate surface area is 127 Å². The number of benzene rings is 1. The minimum absolute atomic E-state index is 0.343. The molecule has 1 fully saturated rings. The van der Waals surface area contributed by atoms with E-state index in [4.69, 9.17) is 10.5 Å². The van der Waals surface area contributed by atoms with Crippen molar-refractivity contribution in [3.05, 3.63) is 23.8 Å². The van der Waals surface area contributed by atoms with Gasteiger partial charge in [0.25, 0.3) is 0 Å². The number of nitrogen functional groups attached to an aromatic ring is 1. The Hall–Kier alpha value is -1.71. The molecule has 1 aliphatic carbocycles. The van der Waals surface area contributed by atoms with E-state index < -0.39 is 0 Å². The largest absolute Gasteiger partial charge is 0.465 e. The number of hydrogen-bond donors (Lipinski definition) is 2. The molecular formula is C17H26N2O2. The number of methoxy groups -OCH3 is 1. The topological polar surface area (TPSA) is 64.3 Å². The van der Waals surface area contributed by atoms with Gasteiger partial charge < -0.3 is 15.8 Å². The highest BCUT2D eigenvalue weighted by atomic mass is 16.5. The molecule has 0 heterocycles. The number of anilines is 2. The first kappa shape index (κ1) is 15.7. The zero-order valence-corrected chi connectivity index (χ0v) is 13.0. The number of esters is 1. The molecule has 3 N–H and O–H groups in total. The standard InChI is InChI=1S/C17H26N2O2/c1-3-4-12-5-8-14(9-6-12)19-16-10-7-13(18)11-15(16)17(20)21-2/h7,10-12,14,19H,3-6,8-9,18H2,1-2H3. The summed E-state index contributed by atoms with van der Waals surface area (Å²) in [6, 6.07) is 5.80. The molecule has 0 aromatic heterocycles. The summed E-state index contributed by atoms with van der Waals surface area (Å²) >= 11 is 0. The molecule has 21 heavy (non-hydrogen) atoms. The zero-order valence-electron chi connectivity index (χ0n) is 13.0. The summed E-state index contributed by atoms with van der Waals surface area (Å²) in [6.45, 7) is 2.25. The number of carbonyl (C=O) groups excluding carboxylic acids is 1. The SMILES string of the molecule is CCCC1CCC(Nc2ccc(N)cc2C(=O)OC)CC1. The van der Waals surface area contributed by atoms with E-state index in [9.17, 15) is 4.79 Å². The van der Waals surface area contributed by atoms with Gasteiger partial charge in [0, 0.05) is 17.4 Å². The third-order valence-corrected chi connectivity index (χ3v) is 4.35. The Bertz CT molecular complexity index is 480. The van der Waals surface area contributed by atoms with Gasteiger partial charge in [-0.05, 0) is 49.8 Å². The fourth-order valence-corrected chi connectivity index (χ4v) is 3.19. The molecule has 2 rings (SSSR count). The van der Waals surface area contributed by atoms with Gasteiger partial charge in [0.2, 0.25) is 0 Å². The van der Waals surface area contributed by atoms with Gasteiger partial charge in [0.05, 0.1) is 12.7 Å². The molecule has 1 aromatic carbocycles. The maximum Gasteiger partial charge on any atom is 0.340 e. The Kier molecular flexibility index (Phi) is 5.48. The molecule has 0 amide bonds. The predicted octanol–water partition coefficient (Wildman–Crippen LogP) is 3.83. The zero-order chi connectivity index (χ0) is 15.2. The molecule has 1 aromatic rings. The number of carbonyl (C=O) groups is 1. The predicted molar refractivity (Wildman–Crippen MR) is 86.5 cm³/mol. The van der Waals surface area contributed by atoms with Crippen molar-refractivity contribution in [2.45, 2.75) is 51.5 Å². The Morgan fingerprint density at radius 3 is 2.67 bits per heavy atom. The van der Waals surface area contributed by atoms with Crippen molar-refractivity contribution in [3.8, 4) is 0 Å². The molecule has 0 bridgehead atoms. The summed E-state index contributed by atoms with van der Waals surface area (Å²) in [5.41, 5.74) is 7.70. The first-order chi connectivity index (χ1) is 10.1. The minimum atomic E-state index is -0.343. The van der Waals surface area contributed by atoms with Crippen molar-refractivity contribution in [1.82, 2.24) is 0 Å². The summed E-state index contributed by atoms with van der Waals surface area (Å²) in [7, 11) is 1.39. The fourth-order valence-electron chi connectivity index (χ4n) is 3.19. The molecule has 0 aliphatic heterocycles. The van der Waals surface area contributed by atoms with Crippen molar-refractivity contribution >= 4 is 17.3 Å². The van der Waals surface area contributed by atoms with Gasteiger partial charge >= 0.3 is 5.97 Å². The Morgan fingerprint density at radius 1 is 1.33 bits per heavy atom. The average molecular weight is 290 g/mol. The van der Waals surface area contributed by atoms with Crippen LogP contribution in [-0.2, 0) is 4.74 Å². The molecule has 4 heteroatoms. The van der Waals surface area contributed by atoms with Crippen LogP contribution in [0.15, 0.2) is 18.2 Å². The number of nitrogens with one attached hydrogen (secondary N) is 1. The van der Waals surface area contributed by atoms with Crippen molar-refractivity contribution in [3.63, 3.8) is 0 Å². The van der Waals surface area contributed by atoms with E-state index in [1.807, 2.05) is 12.1 Å². The average Bonchev–Trinajstić information content (AvgIpc) is 2.50. The quantitative estimate of drug-likeness (QED) is 0.639. The normalized spacial score (nSPS) is 21.8. The van der Waals surface area contributed by atoms with Crippen LogP contribution in [-0.4, -0.2) is 19.1 Å². The molecule has 0 radical (unpaired) electrons. The molecule has 1 aliphatic rings. The third-order valence-electron chi connectivity index (χ3n) is 4.35. The number of nitrogens with two attached hydrogens (primary N) is 1. The first-order valence-corrected chi connectivity index (χ1v) is 7.88. The van der Waals surface area contributed by atoms with Crippen molar-refractivity contribution in [2.75, 3.05) is 18.2 Å². The molecule has 0 spiro atoms. The highest BCUT2D eigenvalue weighted by Gasteiger charge is 2.22. The van der Waals surface area contributed by atoms with Crippen LogP contribution < -0.4 is 11.1 Å². The number of hydrogen-bond acceptors (Lipinski definition) is 4. The molecule has 0 saturated heterocycles. The number of ether oxygens (including phenoxy) is 1. The van der Waals surface area contributed by atoms with Gasteiger partial charge in [-0.1, -0.05) is 19.8 Å². The molecule has 0 unspecified atom stereocenters. The molecule has 0 atom stereocenters. The van der Waals surface area contributed by atoms with E-state index in [-0.39, 0.29) is 5.97 Å². The highest BCUT2D eigenvalue weighted by molar-refractivity contribution is 5.96. The fraction of sp³-hybridized carbons (Fsp3) is 0.588. The van der Waals surface area contributed by atoms with Gasteiger partial charge in [-0.25, -0.2) is 4.79 Å². The summed E-state index contributed by atoms with van der Waals surface area (Å²) in [4.78, 5) is 11.8. The lowest BCUT2D eigenvalue weighted by Gasteiger charge is -2.30. The minimum Gasteiger partial charge on any atom is -0.465 e. The van der Waals surface area contributed by atoms with Crippen molar-refractivity contribution in [1.29, 1.82) is 0 Å². The van der Waals surface area contributed by atoms with Crippen LogP contribution in [0.25, 0.3) is 0 Å². The van der Waals surface area contributed by atoms with E-state index in [2.05, 4.69) is 12.2 Å². The van der Waals surface area contributed by atoms with Gasteiger partial charge in [0.1, 0.15) is 0 Å². The van der Waals surface area contributed by atoms with Gasteiger partial charge in [-0.3, -0.25) is 0 Å². The van der Waals surface area contributed by atoms with Crippen LogP contribution in [0.3, 0.4) is 0 Å². The van der Waals surface area contributed by atoms with Crippen molar-refractivity contribution in [2.24, 2.45) is 5.92 Å². The van der Waals surface area contributed by atoms with E-state index in [1.165, 1.54) is 32.8 Å². The maximum atomic E-state index is 11.8. The second-order valence-corrected chi connectivity index (χ2v) is 5.95. The Morgan fingerprint density at radius 2 is 2.05 bits per heavy atom. The van der Waals surface area contributed by atoms with Crippen molar-refractivity contribution < 1.29 is 9.53 Å². The monoisotopic (exact) mass is 290 g/mol. The molecule has 1 saturated carbocycles. The van der Waals surface area contributed by atoms with E-state index in [0.717, 1.165) is 24.4 Å². The molecule has 116 valence electrons. The maximum absolute atomic E-state index is 11.8. The third kappa shape index (κ3) is 4.13. The van der Waals surface area contributed by atoms with Gasteiger partial charge in [0.15, 0.2) is 0 Å². The lowest BCUT2D eigenvalue weighted by Crippen LogP contribution is -2.27. The van der Waals surface area contributed by atoms with Gasteiger partial charge in [-0.2, -0.15) is 0 Å². The van der Waals surface area contributed by atoms with E-state index in [0.29, 0.717) is 17.3 Å². The van der Waals surface area contributed by atoms with E-state index >= 15 is 0 Å². The lowest BCUT2D eigenvalue weighted by molar-refractivity contribution is 0.0602. The van der Waals surface area contributed by atoms with Crippen LogP contribution in [0.2, 0.25) is 0 Å². The second kappa shape index (κ2) is 7.34. The smallest absolute Gasteiger partial charge is 0.340 e. The highest BCUT2D eigenvalue weighted by Crippen LogP contribution is 2.30. The van der Waals surface area contributed by atoms with E-state index in [1.54, 1.807) is 6.07 Å². The summed E-state index contributed by atoms with van der Waals surface area (Å²) < 4.78 is 4.84. The molecule has 4 nitrogen and oxygen atoms in total. The van der Waals surface area contributed by atoms with Crippen LogP contribution >= 0.6 is 0 Å². The number of rotatable bonds is 5. The first-order valence-electron chi connectivity index (χ1n) is 7.88. The molecular weight excluding hydrogens is 264 g/mol. The second-order valence-electron chi connectivity index (χ2n) is 5.95. The van der Waals surface area contributed by atoms with Crippen LogP contribution in [0.1, 0.15) is 55.8 Å². The lowest BCUT2D eigenvalue weighted by atomic mass is 9.83. The summed E-state index contributed by atoms with van der Waals surface area (Å²) in [5, 5.41) is 3.50. The summed E-state index contributed by atoms with van der Waals surface area (Å²) in [6.07, 6.45) is 7.47. The summed E-state index contributed by atoms with van der Waals surface area (Å²) in [5.74, 6) is 0.531. The Balaban J connectivity index is 2.02. The van der Waals surface area contributed by atoms with Crippen LogP contribution in [0.5, 0.6) is 0 Å². The van der Waals surface area contributed by atoms with Crippen LogP contribution in [0, 0.1) is 5.92 Å². The van der Waals surface area contributed by atoms with Gasteiger partial charge in [-0.15, -0.1) is 0 Å².